The van der Waals surface area contributed by atoms with Gasteiger partial charge in [0.05, 0.1) is 24.2 Å². The molecule has 0 radical (unpaired) electrons. The molecule has 1 aromatic carbocycles. The Morgan fingerprint density at radius 1 is 1.53 bits per heavy atom. The van der Waals surface area contributed by atoms with Crippen LogP contribution in [0.15, 0.2) is 30.5 Å². The highest BCUT2D eigenvalue weighted by Gasteiger charge is 2.13. The summed E-state index contributed by atoms with van der Waals surface area (Å²) in [4.78, 5) is 10.7. The van der Waals surface area contributed by atoms with Gasteiger partial charge in [-0.05, 0) is 6.07 Å². The topological polar surface area (TPSA) is 55.1 Å². The number of hydrogen-bond acceptors (Lipinski definition) is 2. The van der Waals surface area contributed by atoms with Gasteiger partial charge in [0, 0.05) is 5.39 Å². The second kappa shape index (κ2) is 3.73. The van der Waals surface area contributed by atoms with E-state index in [4.69, 9.17) is 5.11 Å². The van der Waals surface area contributed by atoms with Gasteiger partial charge >= 0.3 is 5.97 Å². The Balaban J connectivity index is 2.32. The van der Waals surface area contributed by atoms with Crippen LogP contribution in [-0.4, -0.2) is 20.9 Å². The fourth-order valence-corrected chi connectivity index (χ4v) is 1.51. The normalized spacial score (nSPS) is 12.9. The lowest BCUT2D eigenvalue weighted by Gasteiger charge is -2.07. The SMILES string of the molecule is CC(Cn1ncc2ccccc21)C(=O)O. The predicted molar refractivity (Wildman–Crippen MR) is 56.5 cm³/mol. The molecule has 0 saturated heterocycles. The Hall–Kier alpha value is -1.84. The van der Waals surface area contributed by atoms with Gasteiger partial charge in [-0.1, -0.05) is 25.1 Å². The summed E-state index contributed by atoms with van der Waals surface area (Å²) in [7, 11) is 0. The van der Waals surface area contributed by atoms with E-state index in [2.05, 4.69) is 5.10 Å². The van der Waals surface area contributed by atoms with Crippen molar-refractivity contribution in [2.45, 2.75) is 13.5 Å². The van der Waals surface area contributed by atoms with Gasteiger partial charge in [0.1, 0.15) is 0 Å². The minimum absolute atomic E-state index is 0.406. The summed E-state index contributed by atoms with van der Waals surface area (Å²) in [5.41, 5.74) is 0.977. The first-order valence-electron chi connectivity index (χ1n) is 4.82. The molecule has 2 rings (SSSR count). The summed E-state index contributed by atoms with van der Waals surface area (Å²) in [5.74, 6) is -1.22. The average Bonchev–Trinajstić information content (AvgIpc) is 2.62. The Morgan fingerprint density at radius 3 is 3.00 bits per heavy atom. The molecule has 0 saturated carbocycles. The first-order valence-corrected chi connectivity index (χ1v) is 4.82. The van der Waals surface area contributed by atoms with Gasteiger partial charge in [-0.15, -0.1) is 0 Å². The van der Waals surface area contributed by atoms with Crippen LogP contribution in [0.2, 0.25) is 0 Å². The van der Waals surface area contributed by atoms with Crippen LogP contribution in [0.1, 0.15) is 6.92 Å². The average molecular weight is 204 g/mol. The monoisotopic (exact) mass is 204 g/mol. The van der Waals surface area contributed by atoms with Gasteiger partial charge < -0.3 is 5.11 Å². The summed E-state index contributed by atoms with van der Waals surface area (Å²) in [6.45, 7) is 2.08. The number of rotatable bonds is 3. The van der Waals surface area contributed by atoms with E-state index >= 15 is 0 Å². The van der Waals surface area contributed by atoms with Gasteiger partial charge in [-0.3, -0.25) is 9.48 Å². The highest BCUT2D eigenvalue weighted by molar-refractivity contribution is 5.78. The third-order valence-electron chi connectivity index (χ3n) is 2.42. The van der Waals surface area contributed by atoms with Gasteiger partial charge in [-0.2, -0.15) is 5.10 Å². The molecule has 0 amide bonds. The lowest BCUT2D eigenvalue weighted by atomic mass is 10.2. The first-order chi connectivity index (χ1) is 7.18. The third kappa shape index (κ3) is 1.83. The van der Waals surface area contributed by atoms with Crippen molar-refractivity contribution in [1.29, 1.82) is 0 Å². The summed E-state index contributed by atoms with van der Waals surface area (Å²) in [5, 5.41) is 14.0. The van der Waals surface area contributed by atoms with Crippen molar-refractivity contribution in [3.8, 4) is 0 Å². The van der Waals surface area contributed by atoms with E-state index in [1.165, 1.54) is 0 Å². The summed E-state index contributed by atoms with van der Waals surface area (Å²) < 4.78 is 1.73. The molecule has 0 spiro atoms. The van der Waals surface area contributed by atoms with Gasteiger partial charge in [0.25, 0.3) is 0 Å². The summed E-state index contributed by atoms with van der Waals surface area (Å²) >= 11 is 0. The fraction of sp³-hybridized carbons (Fsp3) is 0.273. The lowest BCUT2D eigenvalue weighted by molar-refractivity contribution is -0.141. The summed E-state index contributed by atoms with van der Waals surface area (Å²) in [6.07, 6.45) is 1.75. The van der Waals surface area contributed by atoms with Crippen LogP contribution in [0, 0.1) is 5.92 Å². The van der Waals surface area contributed by atoms with E-state index < -0.39 is 11.9 Å². The zero-order chi connectivity index (χ0) is 10.8. The molecular weight excluding hydrogens is 192 g/mol. The van der Waals surface area contributed by atoms with Crippen molar-refractivity contribution in [3.05, 3.63) is 30.5 Å². The second-order valence-electron chi connectivity index (χ2n) is 3.62. The maximum Gasteiger partial charge on any atom is 0.308 e. The van der Waals surface area contributed by atoms with Crippen LogP contribution < -0.4 is 0 Å². The standard InChI is InChI=1S/C11H12N2O2/c1-8(11(14)15)7-13-10-5-3-2-4-9(10)6-12-13/h2-6,8H,7H2,1H3,(H,14,15). The highest BCUT2D eigenvalue weighted by atomic mass is 16.4. The highest BCUT2D eigenvalue weighted by Crippen LogP contribution is 2.14. The number of nitrogens with zero attached hydrogens (tertiary/aromatic N) is 2. The van der Waals surface area contributed by atoms with Crippen LogP contribution in [0.25, 0.3) is 10.9 Å². The fourth-order valence-electron chi connectivity index (χ4n) is 1.51. The number of carboxylic acid groups (broad SMARTS) is 1. The van der Waals surface area contributed by atoms with Crippen molar-refractivity contribution in [1.82, 2.24) is 9.78 Å². The van der Waals surface area contributed by atoms with Gasteiger partial charge in [0.15, 0.2) is 0 Å². The maximum atomic E-state index is 10.7. The zero-order valence-corrected chi connectivity index (χ0v) is 8.42. The van der Waals surface area contributed by atoms with Crippen molar-refractivity contribution in [2.75, 3.05) is 0 Å². The van der Waals surface area contributed by atoms with E-state index in [1.807, 2.05) is 24.3 Å². The van der Waals surface area contributed by atoms with Gasteiger partial charge in [0.2, 0.25) is 0 Å². The number of carbonyl (C=O) groups is 1. The minimum Gasteiger partial charge on any atom is -0.481 e. The Labute approximate surface area is 87.1 Å². The Kier molecular flexibility index (Phi) is 2.41. The van der Waals surface area contributed by atoms with Crippen LogP contribution in [0.4, 0.5) is 0 Å². The number of hydrogen-bond donors (Lipinski definition) is 1. The van der Waals surface area contributed by atoms with E-state index in [-0.39, 0.29) is 0 Å². The molecule has 4 heteroatoms. The van der Waals surface area contributed by atoms with Crippen molar-refractivity contribution < 1.29 is 9.90 Å². The summed E-state index contributed by atoms with van der Waals surface area (Å²) in [6, 6.07) is 7.77. The molecule has 0 aliphatic heterocycles. The molecule has 2 aromatic rings. The molecule has 15 heavy (non-hydrogen) atoms. The second-order valence-corrected chi connectivity index (χ2v) is 3.62. The van der Waals surface area contributed by atoms with Crippen molar-refractivity contribution in [2.24, 2.45) is 5.92 Å². The Bertz CT molecular complexity index is 490. The van der Waals surface area contributed by atoms with Crippen molar-refractivity contribution in [3.63, 3.8) is 0 Å². The largest absolute Gasteiger partial charge is 0.481 e. The molecule has 1 unspecified atom stereocenters. The molecule has 78 valence electrons. The van der Waals surface area contributed by atoms with Crippen molar-refractivity contribution >= 4 is 16.9 Å². The van der Waals surface area contributed by atoms with E-state index in [0.29, 0.717) is 6.54 Å². The minimum atomic E-state index is -0.797. The number of aromatic nitrogens is 2. The number of para-hydroxylation sites is 1. The molecule has 1 aromatic heterocycles. The van der Waals surface area contributed by atoms with E-state index in [1.54, 1.807) is 17.8 Å². The maximum absolute atomic E-state index is 10.7. The molecule has 0 fully saturated rings. The van der Waals surface area contributed by atoms with Crippen LogP contribution >= 0.6 is 0 Å². The van der Waals surface area contributed by atoms with E-state index in [9.17, 15) is 4.79 Å². The molecule has 0 bridgehead atoms. The smallest absolute Gasteiger partial charge is 0.308 e. The number of fused-ring (bicyclic) bond motifs is 1. The lowest BCUT2D eigenvalue weighted by Crippen LogP contribution is -2.17. The first kappa shape index (κ1) is 9.71. The molecule has 0 aliphatic carbocycles. The predicted octanol–water partition coefficient (Wildman–Crippen LogP) is 1.76. The molecule has 1 atom stereocenters. The molecular formula is C11H12N2O2. The zero-order valence-electron chi connectivity index (χ0n) is 8.42. The third-order valence-corrected chi connectivity index (χ3v) is 2.42. The molecule has 0 aliphatic rings. The van der Waals surface area contributed by atoms with E-state index in [0.717, 1.165) is 10.9 Å². The molecule has 1 heterocycles. The number of aliphatic carboxylic acids is 1. The van der Waals surface area contributed by atoms with Crippen LogP contribution in [0.3, 0.4) is 0 Å². The molecule has 4 nitrogen and oxygen atoms in total. The van der Waals surface area contributed by atoms with Crippen LogP contribution in [-0.2, 0) is 11.3 Å². The number of benzene rings is 1. The number of carboxylic acids is 1. The Morgan fingerprint density at radius 2 is 2.27 bits per heavy atom. The van der Waals surface area contributed by atoms with Gasteiger partial charge in [-0.25, -0.2) is 0 Å². The quantitative estimate of drug-likeness (QED) is 0.828. The molecule has 1 N–H and O–H groups in total. The van der Waals surface area contributed by atoms with Crippen LogP contribution in [0.5, 0.6) is 0 Å².